The molecule has 3 aromatic heterocycles. The molecule has 1 atom stereocenters. The predicted octanol–water partition coefficient (Wildman–Crippen LogP) is 4.17. The van der Waals surface area contributed by atoms with Gasteiger partial charge in [-0.3, -0.25) is 33.9 Å². The largest absolute Gasteiger partial charge is 0.491 e. The molecule has 0 spiro atoms. The number of imidazole rings is 1. The number of carbonyl (C=O) groups is 4. The molecule has 308 valence electrons. The summed E-state index contributed by atoms with van der Waals surface area (Å²) in [6.07, 6.45) is 1.29. The van der Waals surface area contributed by atoms with Crippen molar-refractivity contribution >= 4 is 52.0 Å². The smallest absolute Gasteiger partial charge is 0.276 e. The summed E-state index contributed by atoms with van der Waals surface area (Å²) in [4.78, 5) is 60.5. The minimum Gasteiger partial charge on any atom is -0.491 e. The Hall–Kier alpha value is -6.59. The molecule has 4 heterocycles. The Balaban J connectivity index is 1.23. The molecular weight excluding hydrogens is 745 g/mol. The van der Waals surface area contributed by atoms with Crippen LogP contribution in [0.5, 0.6) is 11.5 Å². The number of benzene rings is 2. The van der Waals surface area contributed by atoms with Crippen LogP contribution in [0.3, 0.4) is 0 Å². The number of aryl methyl sites for hydroxylation is 5. The van der Waals surface area contributed by atoms with Crippen LogP contribution >= 0.6 is 0 Å². The van der Waals surface area contributed by atoms with E-state index in [-0.39, 0.29) is 36.2 Å². The average Bonchev–Trinajstić information content (AvgIpc) is 3.94. The first kappa shape index (κ1) is 41.1. The van der Waals surface area contributed by atoms with Gasteiger partial charge in [0.2, 0.25) is 17.8 Å². The zero-order valence-corrected chi connectivity index (χ0v) is 34.1. The molecule has 1 aliphatic heterocycles. The number of hydrogen-bond donors (Lipinski definition) is 4. The molecule has 18 nitrogen and oxygen atoms in total. The van der Waals surface area contributed by atoms with Crippen molar-refractivity contribution < 1.29 is 28.7 Å². The van der Waals surface area contributed by atoms with Gasteiger partial charge in [0.15, 0.2) is 6.29 Å². The van der Waals surface area contributed by atoms with Crippen LogP contribution in [0.15, 0.2) is 36.4 Å². The maximum Gasteiger partial charge on any atom is 0.276 e. The van der Waals surface area contributed by atoms with Crippen molar-refractivity contribution in [1.29, 1.82) is 0 Å². The van der Waals surface area contributed by atoms with Gasteiger partial charge in [0.05, 0.1) is 35.8 Å². The summed E-state index contributed by atoms with van der Waals surface area (Å²) < 4.78 is 17.8. The number of anilines is 3. The maximum atomic E-state index is 13.6. The standard InChI is InChI=1S/C40H52N12O6/c1-8-13-49-33-27(43-39(49)44-37(55)29-17-23(5)46-51(29)10-3)19-25(35(41)53)21-31(33)57-15-12-16-58-32-22-26(36(42)54)20-28-34(32)50(14-9-2)40(48(28)7)45-38(56)30-18-24(6)47-52(30)11-4/h17-22,40H,8-16H2,1-7H3,(H2,41,53)(H2,42,54)(H,45,56)(H,43,44,55). The molecular formula is C40H52N12O6. The summed E-state index contributed by atoms with van der Waals surface area (Å²) in [7, 11) is 1.84. The van der Waals surface area contributed by atoms with Crippen LogP contribution in [-0.2, 0) is 19.6 Å². The molecule has 0 radical (unpaired) electrons. The van der Waals surface area contributed by atoms with Crippen LogP contribution in [0.1, 0.15) is 100 Å². The number of nitrogens with two attached hydrogens (primary N) is 2. The third-order valence-corrected chi connectivity index (χ3v) is 9.83. The summed E-state index contributed by atoms with van der Waals surface area (Å²) in [5.74, 6) is -0.837. The second kappa shape index (κ2) is 17.3. The Morgan fingerprint density at radius 1 is 0.759 bits per heavy atom. The third kappa shape index (κ3) is 8.12. The number of primary amides is 2. The highest BCUT2D eigenvalue weighted by molar-refractivity contribution is 6.04. The zero-order valence-electron chi connectivity index (χ0n) is 34.1. The van der Waals surface area contributed by atoms with E-state index < -0.39 is 18.1 Å². The molecule has 0 fully saturated rings. The lowest BCUT2D eigenvalue weighted by atomic mass is 10.1. The Morgan fingerprint density at radius 2 is 1.33 bits per heavy atom. The van der Waals surface area contributed by atoms with E-state index in [9.17, 15) is 19.2 Å². The molecule has 0 aliphatic carbocycles. The number of nitrogens with zero attached hydrogens (tertiary/aromatic N) is 8. The highest BCUT2D eigenvalue weighted by Gasteiger charge is 2.38. The second-order valence-corrected chi connectivity index (χ2v) is 14.1. The monoisotopic (exact) mass is 796 g/mol. The van der Waals surface area contributed by atoms with E-state index in [1.165, 1.54) is 0 Å². The van der Waals surface area contributed by atoms with Crippen molar-refractivity contribution in [2.75, 3.05) is 41.9 Å². The van der Waals surface area contributed by atoms with E-state index in [0.29, 0.717) is 83.8 Å². The van der Waals surface area contributed by atoms with Crippen LogP contribution < -0.4 is 41.4 Å². The van der Waals surface area contributed by atoms with Crippen molar-refractivity contribution in [1.82, 2.24) is 34.4 Å². The molecule has 0 saturated heterocycles. The van der Waals surface area contributed by atoms with E-state index in [0.717, 1.165) is 24.2 Å². The number of rotatable bonds is 18. The van der Waals surface area contributed by atoms with Crippen molar-refractivity contribution in [3.05, 3.63) is 70.3 Å². The van der Waals surface area contributed by atoms with E-state index in [4.69, 9.17) is 25.9 Å². The van der Waals surface area contributed by atoms with Gasteiger partial charge in [0.25, 0.3) is 11.8 Å². The first-order valence-electron chi connectivity index (χ1n) is 19.6. The Bertz CT molecular complexity index is 2360. The van der Waals surface area contributed by atoms with Gasteiger partial charge in [-0.2, -0.15) is 10.2 Å². The molecule has 1 aliphatic rings. The minimum absolute atomic E-state index is 0.171. The van der Waals surface area contributed by atoms with Gasteiger partial charge >= 0.3 is 0 Å². The van der Waals surface area contributed by atoms with Gasteiger partial charge in [-0.25, -0.2) is 4.98 Å². The Morgan fingerprint density at radius 3 is 1.91 bits per heavy atom. The zero-order chi connectivity index (χ0) is 41.8. The van der Waals surface area contributed by atoms with Gasteiger partial charge in [0.1, 0.15) is 34.1 Å². The van der Waals surface area contributed by atoms with Gasteiger partial charge < -0.3 is 40.6 Å². The fourth-order valence-corrected chi connectivity index (χ4v) is 7.25. The SMILES string of the molecule is CCCN1c2c(OCCCOc3cc(C(N)=O)cc4nc(NC(=O)c5cc(C)nn5CC)n(CCC)c34)cc(C(N)=O)cc2N(C)C1NC(=O)c1cc(C)nn1CC. The molecule has 2 aromatic carbocycles. The summed E-state index contributed by atoms with van der Waals surface area (Å²) in [5, 5.41) is 14.9. The van der Waals surface area contributed by atoms with Crippen molar-refractivity contribution in [2.45, 2.75) is 86.7 Å². The highest BCUT2D eigenvalue weighted by Crippen LogP contribution is 2.46. The lowest BCUT2D eigenvalue weighted by Gasteiger charge is -2.31. The fraction of sp³-hybridized carbons (Fsp3) is 0.425. The number of carbonyl (C=O) groups excluding carboxylic acids is 4. The highest BCUT2D eigenvalue weighted by atomic mass is 16.5. The predicted molar refractivity (Wildman–Crippen MR) is 220 cm³/mol. The number of fused-ring (bicyclic) bond motifs is 2. The normalized spacial score (nSPS) is 13.5. The van der Waals surface area contributed by atoms with E-state index in [1.54, 1.807) is 45.8 Å². The summed E-state index contributed by atoms with van der Waals surface area (Å²) >= 11 is 0. The van der Waals surface area contributed by atoms with Crippen molar-refractivity contribution in [3.63, 3.8) is 0 Å². The lowest BCUT2D eigenvalue weighted by Crippen LogP contribution is -2.54. The molecule has 0 saturated carbocycles. The molecule has 18 heteroatoms. The van der Waals surface area contributed by atoms with Gasteiger partial charge in [-0.15, -0.1) is 0 Å². The van der Waals surface area contributed by atoms with Crippen LogP contribution in [0.2, 0.25) is 0 Å². The van der Waals surface area contributed by atoms with Crippen molar-refractivity contribution in [2.24, 2.45) is 11.5 Å². The quantitative estimate of drug-likeness (QED) is 0.0922. The Labute approximate surface area is 336 Å². The van der Waals surface area contributed by atoms with Gasteiger partial charge in [-0.1, -0.05) is 13.8 Å². The average molecular weight is 797 g/mol. The fourth-order valence-electron chi connectivity index (χ4n) is 7.25. The molecule has 6 rings (SSSR count). The summed E-state index contributed by atoms with van der Waals surface area (Å²) in [6.45, 7) is 14.0. The first-order chi connectivity index (χ1) is 27.8. The van der Waals surface area contributed by atoms with Crippen LogP contribution in [0.25, 0.3) is 11.0 Å². The van der Waals surface area contributed by atoms with E-state index in [1.807, 2.05) is 63.0 Å². The number of nitrogens with one attached hydrogen (secondary N) is 2. The van der Waals surface area contributed by atoms with Crippen LogP contribution in [0, 0.1) is 13.8 Å². The van der Waals surface area contributed by atoms with Gasteiger partial charge in [0, 0.05) is 50.8 Å². The molecule has 0 bridgehead atoms. The second-order valence-electron chi connectivity index (χ2n) is 14.1. The summed E-state index contributed by atoms with van der Waals surface area (Å²) in [5.41, 5.74) is 16.7. The van der Waals surface area contributed by atoms with Gasteiger partial charge in [-0.05, 0) is 76.9 Å². The maximum absolute atomic E-state index is 13.6. The molecule has 5 aromatic rings. The van der Waals surface area contributed by atoms with Crippen LogP contribution in [0.4, 0.5) is 17.3 Å². The number of aromatic nitrogens is 6. The number of amides is 4. The first-order valence-corrected chi connectivity index (χ1v) is 19.6. The van der Waals surface area contributed by atoms with Crippen molar-refractivity contribution in [3.8, 4) is 11.5 Å². The number of ether oxygens (including phenoxy) is 2. The molecule has 1 unspecified atom stereocenters. The third-order valence-electron chi connectivity index (χ3n) is 9.83. The van der Waals surface area contributed by atoms with E-state index in [2.05, 4.69) is 20.8 Å². The molecule has 6 N–H and O–H groups in total. The number of hydrogen-bond acceptors (Lipinski definition) is 11. The topological polar surface area (TPSA) is 223 Å². The van der Waals surface area contributed by atoms with Crippen LogP contribution in [-0.4, -0.2) is 85.8 Å². The Kier molecular flexibility index (Phi) is 12.2. The van der Waals surface area contributed by atoms with E-state index >= 15 is 0 Å². The summed E-state index contributed by atoms with van der Waals surface area (Å²) in [6, 6.07) is 9.94. The minimum atomic E-state index is -0.654. The lowest BCUT2D eigenvalue weighted by molar-refractivity contribution is 0.0924. The molecule has 4 amide bonds. The molecule has 58 heavy (non-hydrogen) atoms.